The smallest absolute Gasteiger partial charge is 0.0236 e. The van der Waals surface area contributed by atoms with Gasteiger partial charge < -0.3 is 5.32 Å². The highest BCUT2D eigenvalue weighted by Crippen LogP contribution is 2.32. The first-order chi connectivity index (χ1) is 8.34. The zero-order chi connectivity index (χ0) is 11.7. The standard InChI is InChI=1S/C15H22N2/c1-12-15-10-16-9-14(15)7-8-17(12)11-13-5-3-2-4-6-13/h2-6,12,14-16H,7-11H2,1H3. The Morgan fingerprint density at radius 2 is 2.06 bits per heavy atom. The Morgan fingerprint density at radius 3 is 2.88 bits per heavy atom. The number of piperidine rings is 1. The number of likely N-dealkylation sites (tertiary alicyclic amines) is 1. The number of nitrogens with one attached hydrogen (secondary N) is 1. The molecule has 2 fully saturated rings. The van der Waals surface area contributed by atoms with Crippen molar-refractivity contribution in [1.82, 2.24) is 10.2 Å². The zero-order valence-corrected chi connectivity index (χ0v) is 10.6. The molecule has 0 radical (unpaired) electrons. The summed E-state index contributed by atoms with van der Waals surface area (Å²) in [5.41, 5.74) is 1.45. The van der Waals surface area contributed by atoms with Gasteiger partial charge >= 0.3 is 0 Å². The summed E-state index contributed by atoms with van der Waals surface area (Å²) in [4.78, 5) is 2.66. The third-order valence-corrected chi connectivity index (χ3v) is 4.60. The van der Waals surface area contributed by atoms with Gasteiger partial charge in [0.15, 0.2) is 0 Å². The van der Waals surface area contributed by atoms with E-state index in [1.807, 2.05) is 0 Å². The molecular weight excluding hydrogens is 208 g/mol. The quantitative estimate of drug-likeness (QED) is 0.837. The summed E-state index contributed by atoms with van der Waals surface area (Å²) in [6.45, 7) is 7.25. The maximum atomic E-state index is 3.55. The van der Waals surface area contributed by atoms with E-state index in [2.05, 4.69) is 47.5 Å². The van der Waals surface area contributed by atoms with Crippen LogP contribution in [-0.4, -0.2) is 30.6 Å². The molecule has 3 unspecified atom stereocenters. The molecule has 92 valence electrons. The van der Waals surface area contributed by atoms with Gasteiger partial charge in [-0.1, -0.05) is 30.3 Å². The van der Waals surface area contributed by atoms with E-state index in [1.165, 1.54) is 31.6 Å². The fourth-order valence-electron chi connectivity index (χ4n) is 3.48. The number of hydrogen-bond acceptors (Lipinski definition) is 2. The lowest BCUT2D eigenvalue weighted by Crippen LogP contribution is -2.46. The van der Waals surface area contributed by atoms with E-state index in [-0.39, 0.29) is 0 Å². The minimum Gasteiger partial charge on any atom is -0.316 e. The van der Waals surface area contributed by atoms with Crippen LogP contribution in [0, 0.1) is 11.8 Å². The van der Waals surface area contributed by atoms with Gasteiger partial charge in [-0.2, -0.15) is 0 Å². The second kappa shape index (κ2) is 4.79. The molecular formula is C15H22N2. The summed E-state index contributed by atoms with van der Waals surface area (Å²) in [5, 5.41) is 3.55. The van der Waals surface area contributed by atoms with Gasteiger partial charge in [0.1, 0.15) is 0 Å². The first-order valence-corrected chi connectivity index (χ1v) is 6.83. The van der Waals surface area contributed by atoms with Crippen molar-refractivity contribution in [2.75, 3.05) is 19.6 Å². The third kappa shape index (κ3) is 2.24. The molecule has 2 aliphatic heterocycles. The molecule has 0 aromatic heterocycles. The second-order valence-electron chi connectivity index (χ2n) is 5.57. The Bertz CT molecular complexity index is 362. The van der Waals surface area contributed by atoms with Crippen LogP contribution < -0.4 is 5.32 Å². The predicted octanol–water partition coefficient (Wildman–Crippen LogP) is 2.12. The van der Waals surface area contributed by atoms with Crippen LogP contribution in [0.25, 0.3) is 0 Å². The number of hydrogen-bond donors (Lipinski definition) is 1. The van der Waals surface area contributed by atoms with Crippen LogP contribution in [0.4, 0.5) is 0 Å². The summed E-state index contributed by atoms with van der Waals surface area (Å²) in [6, 6.07) is 11.6. The van der Waals surface area contributed by atoms with Crippen LogP contribution in [0.3, 0.4) is 0 Å². The molecule has 1 N–H and O–H groups in total. The van der Waals surface area contributed by atoms with Gasteiger partial charge in [-0.3, -0.25) is 4.90 Å². The van der Waals surface area contributed by atoms with Crippen LogP contribution in [0.5, 0.6) is 0 Å². The normalized spacial score (nSPS) is 33.6. The van der Waals surface area contributed by atoms with Crippen LogP contribution in [0.2, 0.25) is 0 Å². The first kappa shape index (κ1) is 11.2. The summed E-state index contributed by atoms with van der Waals surface area (Å²) in [6.07, 6.45) is 1.37. The Kier molecular flexibility index (Phi) is 3.17. The van der Waals surface area contributed by atoms with E-state index in [1.54, 1.807) is 0 Å². The van der Waals surface area contributed by atoms with Gasteiger partial charge in [0.05, 0.1) is 0 Å². The molecule has 2 nitrogen and oxygen atoms in total. The molecule has 3 atom stereocenters. The largest absolute Gasteiger partial charge is 0.316 e. The fraction of sp³-hybridized carbons (Fsp3) is 0.600. The van der Waals surface area contributed by atoms with Crippen molar-refractivity contribution < 1.29 is 0 Å². The molecule has 0 spiro atoms. The average molecular weight is 230 g/mol. The molecule has 0 bridgehead atoms. The van der Waals surface area contributed by atoms with Crippen molar-refractivity contribution in [3.63, 3.8) is 0 Å². The van der Waals surface area contributed by atoms with Crippen LogP contribution in [0.1, 0.15) is 18.9 Å². The van der Waals surface area contributed by atoms with Gasteiger partial charge in [-0.15, -0.1) is 0 Å². The molecule has 2 saturated heterocycles. The minimum absolute atomic E-state index is 0.726. The van der Waals surface area contributed by atoms with Crippen molar-refractivity contribution in [2.45, 2.75) is 25.9 Å². The number of benzene rings is 1. The molecule has 3 rings (SSSR count). The lowest BCUT2D eigenvalue weighted by atomic mass is 9.82. The maximum absolute atomic E-state index is 3.55. The highest BCUT2D eigenvalue weighted by Gasteiger charge is 2.37. The van der Waals surface area contributed by atoms with E-state index in [0.717, 1.165) is 24.4 Å². The monoisotopic (exact) mass is 230 g/mol. The molecule has 0 aliphatic carbocycles. The zero-order valence-electron chi connectivity index (χ0n) is 10.6. The Morgan fingerprint density at radius 1 is 1.24 bits per heavy atom. The molecule has 0 amide bonds. The van der Waals surface area contributed by atoms with Gasteiger partial charge in [0.25, 0.3) is 0 Å². The Balaban J connectivity index is 1.68. The second-order valence-corrected chi connectivity index (χ2v) is 5.57. The Hall–Kier alpha value is -0.860. The number of fused-ring (bicyclic) bond motifs is 1. The molecule has 17 heavy (non-hydrogen) atoms. The molecule has 0 saturated carbocycles. The van der Waals surface area contributed by atoms with E-state index in [0.29, 0.717) is 0 Å². The predicted molar refractivity (Wildman–Crippen MR) is 70.8 cm³/mol. The number of nitrogens with zero attached hydrogens (tertiary/aromatic N) is 1. The lowest BCUT2D eigenvalue weighted by Gasteiger charge is -2.41. The van der Waals surface area contributed by atoms with Crippen molar-refractivity contribution in [2.24, 2.45) is 11.8 Å². The molecule has 2 heterocycles. The highest BCUT2D eigenvalue weighted by molar-refractivity contribution is 5.15. The van der Waals surface area contributed by atoms with Crippen molar-refractivity contribution >= 4 is 0 Å². The first-order valence-electron chi connectivity index (χ1n) is 6.83. The average Bonchev–Trinajstić information content (AvgIpc) is 2.83. The highest BCUT2D eigenvalue weighted by atomic mass is 15.2. The van der Waals surface area contributed by atoms with Crippen molar-refractivity contribution in [1.29, 1.82) is 0 Å². The van der Waals surface area contributed by atoms with E-state index >= 15 is 0 Å². The number of rotatable bonds is 2. The van der Waals surface area contributed by atoms with Gasteiger partial charge in [0, 0.05) is 12.6 Å². The lowest BCUT2D eigenvalue weighted by molar-refractivity contribution is 0.0776. The third-order valence-electron chi connectivity index (χ3n) is 4.60. The minimum atomic E-state index is 0.726. The van der Waals surface area contributed by atoms with Gasteiger partial charge in [-0.25, -0.2) is 0 Å². The topological polar surface area (TPSA) is 15.3 Å². The summed E-state index contributed by atoms with van der Waals surface area (Å²) in [7, 11) is 0. The van der Waals surface area contributed by atoms with E-state index < -0.39 is 0 Å². The van der Waals surface area contributed by atoms with Crippen LogP contribution in [0.15, 0.2) is 30.3 Å². The molecule has 1 aromatic carbocycles. The van der Waals surface area contributed by atoms with Crippen molar-refractivity contribution in [3.8, 4) is 0 Å². The van der Waals surface area contributed by atoms with Crippen LogP contribution in [-0.2, 0) is 6.54 Å². The van der Waals surface area contributed by atoms with Gasteiger partial charge in [-0.05, 0) is 50.4 Å². The Labute approximate surface area is 104 Å². The van der Waals surface area contributed by atoms with E-state index in [9.17, 15) is 0 Å². The van der Waals surface area contributed by atoms with E-state index in [4.69, 9.17) is 0 Å². The molecule has 2 heteroatoms. The van der Waals surface area contributed by atoms with Crippen molar-refractivity contribution in [3.05, 3.63) is 35.9 Å². The summed E-state index contributed by atoms with van der Waals surface area (Å²) in [5.74, 6) is 1.80. The fourth-order valence-corrected chi connectivity index (χ4v) is 3.48. The summed E-state index contributed by atoms with van der Waals surface area (Å²) >= 11 is 0. The molecule has 1 aromatic rings. The van der Waals surface area contributed by atoms with Crippen LogP contribution >= 0.6 is 0 Å². The maximum Gasteiger partial charge on any atom is 0.0236 e. The summed E-state index contributed by atoms with van der Waals surface area (Å²) < 4.78 is 0. The SMILES string of the molecule is CC1C2CNCC2CCN1Cc1ccccc1. The molecule has 2 aliphatic rings. The van der Waals surface area contributed by atoms with Gasteiger partial charge in [0.2, 0.25) is 0 Å².